The number of carbonyl (C=O) groups is 1. The van der Waals surface area contributed by atoms with Crippen LogP contribution in [-0.4, -0.2) is 298 Å². The summed E-state index contributed by atoms with van der Waals surface area (Å²) in [5.74, 6) is -2.11. The van der Waals surface area contributed by atoms with E-state index in [1.807, 2.05) is 20.8 Å². The Kier molecular flexibility index (Phi) is 20.3. The van der Waals surface area contributed by atoms with E-state index in [-0.39, 0.29) is 54.5 Å². The highest BCUT2D eigenvalue weighted by atomic mass is 16.8. The summed E-state index contributed by atoms with van der Waals surface area (Å²) < 4.78 is 65.5. The van der Waals surface area contributed by atoms with Gasteiger partial charge in [-0.15, -0.1) is 0 Å². The first-order valence-electron chi connectivity index (χ1n) is 29.9. The average molecular weight is 1230 g/mol. The van der Waals surface area contributed by atoms with Crippen LogP contribution in [0.15, 0.2) is 11.6 Å². The summed E-state index contributed by atoms with van der Waals surface area (Å²) in [7, 11) is 0. The van der Waals surface area contributed by atoms with Crippen molar-refractivity contribution < 1.29 is 144 Å². The third-order valence-electron chi connectivity index (χ3n) is 21.1. The highest BCUT2D eigenvalue weighted by Gasteiger charge is 2.71. The number of aliphatic hydroxyl groups excluding tert-OH is 16. The van der Waals surface area contributed by atoms with Gasteiger partial charge in [0.1, 0.15) is 122 Å². The van der Waals surface area contributed by atoms with E-state index in [1.165, 1.54) is 0 Å². The van der Waals surface area contributed by atoms with Gasteiger partial charge in [-0.05, 0) is 67.6 Å². The fourth-order valence-electron chi connectivity index (χ4n) is 15.9. The molecule has 3 saturated carbocycles. The number of fused-ring (bicyclic) bond motifs is 7. The van der Waals surface area contributed by atoms with Crippen LogP contribution >= 0.6 is 0 Å². The summed E-state index contributed by atoms with van der Waals surface area (Å²) >= 11 is 0. The summed E-state index contributed by atoms with van der Waals surface area (Å²) in [6.07, 6.45) is -36.1. The number of hydrogen-bond donors (Lipinski definition) is 17. The van der Waals surface area contributed by atoms with Crippen LogP contribution in [0.1, 0.15) is 79.1 Å². The van der Waals surface area contributed by atoms with Crippen LogP contribution < -0.4 is 0 Å². The van der Waals surface area contributed by atoms with E-state index in [9.17, 15) is 91.6 Å². The molecule has 0 aromatic rings. The first-order chi connectivity index (χ1) is 40.2. The molecule has 35 atom stereocenters. The maximum absolute atomic E-state index is 14.8. The zero-order valence-electron chi connectivity index (χ0n) is 48.0. The van der Waals surface area contributed by atoms with Crippen LogP contribution in [0, 0.1) is 46.3 Å². The summed E-state index contributed by atoms with van der Waals surface area (Å²) in [6.45, 7) is 4.34. The van der Waals surface area contributed by atoms with Crippen LogP contribution in [0.25, 0.3) is 0 Å². The van der Waals surface area contributed by atoms with Crippen LogP contribution in [0.5, 0.6) is 0 Å². The topological polar surface area (TPSA) is 463 Å². The van der Waals surface area contributed by atoms with Crippen molar-refractivity contribution in [1.29, 1.82) is 0 Å². The zero-order valence-corrected chi connectivity index (χ0v) is 48.0. The van der Waals surface area contributed by atoms with Gasteiger partial charge in [0.15, 0.2) is 37.2 Å². The molecule has 6 saturated heterocycles. The quantitative estimate of drug-likeness (QED) is 0.0568. The summed E-state index contributed by atoms with van der Waals surface area (Å²) in [4.78, 5) is 14.8. The number of ketones is 1. The van der Waals surface area contributed by atoms with Crippen LogP contribution in [0.3, 0.4) is 0 Å². The smallest absolute Gasteiger partial charge is 0.187 e. The van der Waals surface area contributed by atoms with Gasteiger partial charge in [-0.3, -0.25) is 4.79 Å². The predicted octanol–water partition coefficient (Wildman–Crippen LogP) is -6.39. The molecular formula is C56H90O29. The first kappa shape index (κ1) is 66.2. The van der Waals surface area contributed by atoms with Crippen LogP contribution in [0.2, 0.25) is 0 Å². The monoisotopic (exact) mass is 1230 g/mol. The lowest BCUT2D eigenvalue weighted by Crippen LogP contribution is -2.68. The molecule has 0 spiro atoms. The Morgan fingerprint density at radius 3 is 1.82 bits per heavy atom. The van der Waals surface area contributed by atoms with Crippen molar-refractivity contribution in [2.24, 2.45) is 46.3 Å². The standard InChI is InChI=1S/C56H90O29/c1-20(18-75-49-43(71)39(67)36(64)29(14-57)78-49)7-10-56(74)21(2)34-28(85-56)12-26-24-6-5-22-11-23(8-9-54(22,3)25(24)13-33(62)55(26,34)4)77-51-45(73)41(69)46(32(17-60)81-51)82-53-48(84-52-44(72)40(68)37(65)30(15-58)79-52)47(38(66)31(16-59)80-53)83-50-42(70)35(63)27(61)19-76-50/h5,20-21,23-32,34-53,57-61,63-74H,6-19H2,1-4H3/t20-,21+,23+,24+,25+,26-,27-,28+,29-,30-,31-,32-,34+,35+,36-,37-,38-,39+,40+,41-,42-,43-,44-,45-,46+,47+,48-,49-,50+,51-,52+,53+,54+,55-,56-/m1/s1. The molecule has 488 valence electrons. The highest BCUT2D eigenvalue weighted by Crippen LogP contribution is 2.69. The van der Waals surface area contributed by atoms with Gasteiger partial charge in [-0.1, -0.05) is 39.3 Å². The van der Waals surface area contributed by atoms with E-state index < -0.39 is 209 Å². The van der Waals surface area contributed by atoms with E-state index in [1.54, 1.807) is 0 Å². The molecule has 0 bridgehead atoms. The van der Waals surface area contributed by atoms with Crippen molar-refractivity contribution in [3.63, 3.8) is 0 Å². The third-order valence-corrected chi connectivity index (χ3v) is 21.1. The molecule has 4 aliphatic carbocycles. The van der Waals surface area contributed by atoms with Gasteiger partial charge in [-0.2, -0.15) is 0 Å². The number of hydrogen-bond acceptors (Lipinski definition) is 29. The molecule has 0 radical (unpaired) electrons. The van der Waals surface area contributed by atoms with Crippen molar-refractivity contribution >= 4 is 5.78 Å². The van der Waals surface area contributed by atoms with Gasteiger partial charge in [-0.25, -0.2) is 0 Å². The van der Waals surface area contributed by atoms with Gasteiger partial charge in [0.2, 0.25) is 0 Å². The molecule has 10 aliphatic rings. The van der Waals surface area contributed by atoms with Crippen LogP contribution in [-0.2, 0) is 56.9 Å². The lowest BCUT2D eigenvalue weighted by Gasteiger charge is -2.57. The number of rotatable bonds is 18. The number of carbonyl (C=O) groups excluding carboxylic acids is 1. The molecule has 6 heterocycles. The van der Waals surface area contributed by atoms with Gasteiger partial charge < -0.3 is 139 Å². The molecule has 0 aromatic carbocycles. The Hall–Kier alpha value is -1.71. The Bertz CT molecular complexity index is 2280. The van der Waals surface area contributed by atoms with Crippen molar-refractivity contribution in [1.82, 2.24) is 0 Å². The maximum atomic E-state index is 14.8. The second-order valence-corrected chi connectivity index (χ2v) is 26.1. The summed E-state index contributed by atoms with van der Waals surface area (Å²) in [6, 6.07) is 0. The fraction of sp³-hybridized carbons (Fsp3) is 0.946. The van der Waals surface area contributed by atoms with Crippen molar-refractivity contribution in [3.8, 4) is 0 Å². The lowest BCUT2D eigenvalue weighted by molar-refractivity contribution is -0.403. The molecule has 0 aromatic heterocycles. The zero-order chi connectivity index (χ0) is 61.5. The van der Waals surface area contributed by atoms with E-state index in [2.05, 4.69) is 13.0 Å². The fourth-order valence-corrected chi connectivity index (χ4v) is 15.9. The minimum Gasteiger partial charge on any atom is -0.394 e. The maximum Gasteiger partial charge on any atom is 0.187 e. The highest BCUT2D eigenvalue weighted by molar-refractivity contribution is 5.87. The number of Topliss-reactive ketones (excluding diaryl/α,β-unsaturated/α-hetero) is 1. The molecule has 0 unspecified atom stereocenters. The number of aliphatic hydroxyl groups is 17. The Morgan fingerprint density at radius 1 is 0.612 bits per heavy atom. The lowest BCUT2D eigenvalue weighted by atomic mass is 9.46. The van der Waals surface area contributed by atoms with E-state index >= 15 is 0 Å². The molecule has 0 amide bonds. The SMILES string of the molecule is C[C@H](CC[C@@]1(O)O[C@H]2C[C@@H]3[C@H]4CC=C5C[C@@H](O[C@@H]6O[C@H](CO)[C@H](O[C@@H]7O[C@H](CO)[C@@H](O)[C@H](O[C@@H]8OC[C@@H](O)[C@H](O)[C@H]8O)[C@H]7O[C@@H]7O[C@H](CO)[C@@H](O)[C@H](O)[C@H]7O)[C@H](O)[C@H]6O)CC[C@]5(C)[C@H]4CC(=O)[C@]3(C)[C@H]2[C@@H]1C)CO[C@@H]1O[C@H](CO)[C@@H](O)[C@H](O)[C@H]1O. The number of ether oxygens (including phenoxy) is 11. The average Bonchev–Trinajstić information content (AvgIpc) is 1.70. The largest absolute Gasteiger partial charge is 0.394 e. The van der Waals surface area contributed by atoms with Crippen molar-refractivity contribution in [2.75, 3.05) is 39.6 Å². The van der Waals surface area contributed by atoms with Crippen molar-refractivity contribution in [2.45, 2.75) is 244 Å². The van der Waals surface area contributed by atoms with Gasteiger partial charge in [0, 0.05) is 30.1 Å². The molecule has 10 rings (SSSR count). The van der Waals surface area contributed by atoms with Gasteiger partial charge in [0.05, 0.1) is 51.8 Å². The minimum absolute atomic E-state index is 0.0154. The van der Waals surface area contributed by atoms with Gasteiger partial charge in [0.25, 0.3) is 0 Å². The minimum atomic E-state index is -2.04. The molecular weight excluding hydrogens is 1140 g/mol. The predicted molar refractivity (Wildman–Crippen MR) is 279 cm³/mol. The van der Waals surface area contributed by atoms with E-state index in [0.29, 0.717) is 44.9 Å². The molecule has 6 aliphatic heterocycles. The third kappa shape index (κ3) is 12.0. The molecule has 29 nitrogen and oxygen atoms in total. The Morgan fingerprint density at radius 2 is 1.16 bits per heavy atom. The molecule has 17 N–H and O–H groups in total. The Balaban J connectivity index is 0.782. The molecule has 29 heteroatoms. The summed E-state index contributed by atoms with van der Waals surface area (Å²) in [5, 5.41) is 182. The van der Waals surface area contributed by atoms with E-state index in [0.717, 1.165) is 5.57 Å². The first-order valence-corrected chi connectivity index (χ1v) is 29.9. The summed E-state index contributed by atoms with van der Waals surface area (Å²) in [5.41, 5.74) is -0.102. The molecule has 85 heavy (non-hydrogen) atoms. The van der Waals surface area contributed by atoms with Crippen molar-refractivity contribution in [3.05, 3.63) is 11.6 Å². The van der Waals surface area contributed by atoms with E-state index in [4.69, 9.17) is 52.1 Å². The van der Waals surface area contributed by atoms with Crippen LogP contribution in [0.4, 0.5) is 0 Å². The second-order valence-electron chi connectivity index (χ2n) is 26.1. The Labute approximate surface area is 490 Å². The number of allylic oxidation sites excluding steroid dienone is 1. The second kappa shape index (κ2) is 26.1. The molecule has 9 fully saturated rings. The van der Waals surface area contributed by atoms with Gasteiger partial charge >= 0.3 is 0 Å². The normalized spacial score (nSPS) is 54.0.